The number of thiophene rings is 1. The molecule has 3 amide bonds. The highest BCUT2D eigenvalue weighted by molar-refractivity contribution is 7.54. The molecule has 19 heteroatoms. The Balaban J connectivity index is 1.21. The number of amides is 3. The number of hydrogen-bond acceptors (Lipinski definition) is 13. The van der Waals surface area contributed by atoms with Gasteiger partial charge in [0.2, 0.25) is 25.4 Å². The minimum Gasteiger partial charge on any atom is -0.438 e. The normalized spacial score (nSPS) is 22.4. The van der Waals surface area contributed by atoms with Gasteiger partial charge in [0.15, 0.2) is 0 Å². The summed E-state index contributed by atoms with van der Waals surface area (Å²) in [5, 5.41) is 13.1. The van der Waals surface area contributed by atoms with Gasteiger partial charge in [0.25, 0.3) is 5.91 Å². The molecule has 3 saturated heterocycles. The third kappa shape index (κ3) is 10.5. The van der Waals surface area contributed by atoms with Crippen molar-refractivity contribution < 1.29 is 55.8 Å². The molecule has 1 unspecified atom stereocenters. The minimum absolute atomic E-state index is 0.101. The molecule has 2 aromatic carbocycles. The molecule has 6 rings (SSSR count). The van der Waals surface area contributed by atoms with E-state index in [2.05, 4.69) is 16.3 Å². The van der Waals surface area contributed by atoms with E-state index in [0.29, 0.717) is 43.6 Å². The van der Waals surface area contributed by atoms with Crippen molar-refractivity contribution >= 4 is 58.7 Å². The van der Waals surface area contributed by atoms with Crippen LogP contribution in [0.25, 0.3) is 10.1 Å². The summed E-state index contributed by atoms with van der Waals surface area (Å²) in [7, 11) is -5.60. The zero-order valence-corrected chi connectivity index (χ0v) is 38.8. The zero-order chi connectivity index (χ0) is 46.8. The second kappa shape index (κ2) is 19.4. The molecule has 0 bridgehead atoms. The third-order valence-electron chi connectivity index (χ3n) is 11.8. The van der Waals surface area contributed by atoms with Crippen LogP contribution in [0.3, 0.4) is 0 Å². The Kier molecular flexibility index (Phi) is 14.7. The molecule has 3 aliphatic rings. The van der Waals surface area contributed by atoms with Crippen molar-refractivity contribution in [2.45, 2.75) is 97.4 Å². The maximum atomic E-state index is 16.4. The van der Waals surface area contributed by atoms with E-state index in [1.54, 1.807) is 9.80 Å². The Hall–Kier alpha value is -4.79. The van der Waals surface area contributed by atoms with Crippen LogP contribution in [0.5, 0.6) is 0 Å². The molecule has 64 heavy (non-hydrogen) atoms. The molecule has 5 atom stereocenters. The lowest BCUT2D eigenvalue weighted by atomic mass is 9.90. The first-order valence-electron chi connectivity index (χ1n) is 21.3. The van der Waals surface area contributed by atoms with Gasteiger partial charge in [-0.3, -0.25) is 37.6 Å². The van der Waals surface area contributed by atoms with E-state index in [0.717, 1.165) is 29.0 Å². The minimum atomic E-state index is -5.60. The number of alkyl halides is 2. The summed E-state index contributed by atoms with van der Waals surface area (Å²) < 4.78 is 67.0. The number of nitrogens with zero attached hydrogens (tertiary/aromatic N) is 4. The fraction of sp³-hybridized carbons (Fsp3) is 0.556. The first-order valence-corrected chi connectivity index (χ1v) is 23.7. The predicted molar refractivity (Wildman–Crippen MR) is 233 cm³/mol. The van der Waals surface area contributed by atoms with Gasteiger partial charge in [0, 0.05) is 48.4 Å². The Morgan fingerprint density at radius 3 is 2.12 bits per heavy atom. The lowest BCUT2D eigenvalue weighted by molar-refractivity contribution is -0.163. The first kappa shape index (κ1) is 48.7. The van der Waals surface area contributed by atoms with Gasteiger partial charge in [-0.1, -0.05) is 43.3 Å². The van der Waals surface area contributed by atoms with Crippen LogP contribution in [-0.2, 0) is 47.9 Å². The molecule has 1 N–H and O–H groups in total. The average Bonchev–Trinajstić information content (AvgIpc) is 4.00. The standard InChI is InChI=1S/C45H56F2N5O10PS/c1-8-50-19-18-32-15-16-35(40(55)51-23-30(22-48)33(24-51)28-12-10-9-11-13-28)52(32)39(54)34(25-50)49-38(53)37-21-29-20-31(14-17-36(29)64-37)45(46,47)63(58,61-26-59-41(56)43(2,3)4)62-27-60-42(57)44(5,6)7/h9-14,17,20-21,30,32-35H,8,15-16,18-19,23-27H2,1-7H3,(H,49,53)/t30-,32-,33+,34?,35+/m1/s1. The first-order chi connectivity index (χ1) is 30.1. The van der Waals surface area contributed by atoms with Gasteiger partial charge in [0.1, 0.15) is 12.1 Å². The highest BCUT2D eigenvalue weighted by atomic mass is 32.1. The number of likely N-dealkylation sites (N-methyl/N-ethyl adjacent to an activating group) is 1. The Labute approximate surface area is 375 Å². The molecular formula is C45H56F2N5O10PS. The molecule has 4 heterocycles. The van der Waals surface area contributed by atoms with Gasteiger partial charge in [-0.15, -0.1) is 11.3 Å². The van der Waals surface area contributed by atoms with E-state index < -0.39 is 85.0 Å². The number of likely N-dealkylation sites (tertiary alicyclic amines) is 1. The summed E-state index contributed by atoms with van der Waals surface area (Å²) in [6.45, 7) is 10.8. The molecule has 3 aromatic rings. The van der Waals surface area contributed by atoms with Crippen LogP contribution in [-0.4, -0.2) is 109 Å². The molecule has 15 nitrogen and oxygen atoms in total. The van der Waals surface area contributed by atoms with E-state index in [1.807, 2.05) is 37.3 Å². The molecule has 346 valence electrons. The van der Waals surface area contributed by atoms with E-state index in [-0.39, 0.29) is 41.2 Å². The Bertz CT molecular complexity index is 2290. The molecule has 0 saturated carbocycles. The highest BCUT2D eigenvalue weighted by Gasteiger charge is 2.56. The largest absolute Gasteiger partial charge is 0.438 e. The smallest absolute Gasteiger partial charge is 0.410 e. The van der Waals surface area contributed by atoms with Crippen molar-refractivity contribution in [2.24, 2.45) is 16.7 Å². The van der Waals surface area contributed by atoms with Crippen LogP contribution >= 0.6 is 18.9 Å². The molecular weight excluding hydrogens is 872 g/mol. The van der Waals surface area contributed by atoms with E-state index in [4.69, 9.17) is 18.5 Å². The summed E-state index contributed by atoms with van der Waals surface area (Å²) in [6, 6.07) is 14.6. The molecule has 0 spiro atoms. The number of benzene rings is 2. The van der Waals surface area contributed by atoms with Crippen molar-refractivity contribution in [3.05, 3.63) is 70.6 Å². The number of halogens is 2. The Morgan fingerprint density at radius 2 is 1.53 bits per heavy atom. The number of hydrogen-bond donors (Lipinski definition) is 1. The quantitative estimate of drug-likeness (QED) is 0.103. The van der Waals surface area contributed by atoms with Crippen LogP contribution in [0.2, 0.25) is 0 Å². The van der Waals surface area contributed by atoms with E-state index in [9.17, 15) is 33.8 Å². The lowest BCUT2D eigenvalue weighted by Gasteiger charge is -2.39. The number of esters is 2. The van der Waals surface area contributed by atoms with Gasteiger partial charge in [-0.25, -0.2) is 0 Å². The third-order valence-corrected chi connectivity index (χ3v) is 14.8. The summed E-state index contributed by atoms with van der Waals surface area (Å²) in [5.74, 6) is -3.46. The van der Waals surface area contributed by atoms with Gasteiger partial charge in [-0.2, -0.15) is 14.0 Å². The van der Waals surface area contributed by atoms with Crippen LogP contribution < -0.4 is 5.32 Å². The summed E-state index contributed by atoms with van der Waals surface area (Å²) in [6.07, 6.45) is 1.70. The molecule has 3 fully saturated rings. The summed E-state index contributed by atoms with van der Waals surface area (Å²) in [4.78, 5) is 73.0. The number of ether oxygens (including phenoxy) is 2. The van der Waals surface area contributed by atoms with Crippen LogP contribution in [0, 0.1) is 28.1 Å². The van der Waals surface area contributed by atoms with Crippen LogP contribution in [0.1, 0.15) is 94.4 Å². The fourth-order valence-electron chi connectivity index (χ4n) is 8.10. The second-order valence-electron chi connectivity index (χ2n) is 18.5. The van der Waals surface area contributed by atoms with Crippen molar-refractivity contribution in [2.75, 3.05) is 46.3 Å². The second-order valence-corrected chi connectivity index (χ2v) is 21.6. The Morgan fingerprint density at radius 1 is 0.891 bits per heavy atom. The van der Waals surface area contributed by atoms with Gasteiger partial charge in [-0.05, 0) is 96.5 Å². The maximum Gasteiger partial charge on any atom is 0.410 e. The number of carbonyl (C=O) groups is 5. The van der Waals surface area contributed by atoms with Crippen LogP contribution in [0.15, 0.2) is 54.6 Å². The molecule has 0 aliphatic carbocycles. The fourth-order valence-corrected chi connectivity index (χ4v) is 10.3. The monoisotopic (exact) mass is 927 g/mol. The van der Waals surface area contributed by atoms with Crippen molar-refractivity contribution in [3.8, 4) is 6.07 Å². The number of rotatable bonds is 13. The topological polar surface area (TPSA) is 185 Å². The molecule has 3 aliphatic heterocycles. The maximum absolute atomic E-state index is 16.4. The van der Waals surface area contributed by atoms with Crippen LogP contribution in [0.4, 0.5) is 8.78 Å². The van der Waals surface area contributed by atoms with Gasteiger partial charge >= 0.3 is 25.2 Å². The van der Waals surface area contributed by atoms with Crippen molar-refractivity contribution in [1.29, 1.82) is 5.26 Å². The molecule has 1 aromatic heterocycles. The zero-order valence-electron chi connectivity index (χ0n) is 37.1. The number of carbonyl (C=O) groups excluding carboxylic acids is 5. The summed E-state index contributed by atoms with van der Waals surface area (Å²) in [5.41, 5.74) is -6.30. The van der Waals surface area contributed by atoms with Crippen molar-refractivity contribution in [1.82, 2.24) is 20.0 Å². The SMILES string of the molecule is CCN1CC[C@H]2CC[C@@H](C(=O)N3C[C@@H](C#N)[C@H](c4ccccc4)C3)N2C(=O)C(NC(=O)c2cc3cc(C(F)(F)P(=O)(OCOC(=O)C(C)(C)C)OCOC(=O)C(C)(C)C)ccc3s2)C1. The lowest BCUT2D eigenvalue weighted by Crippen LogP contribution is -2.60. The number of fused-ring (bicyclic) bond motifs is 2. The highest BCUT2D eigenvalue weighted by Crippen LogP contribution is 2.67. The average molecular weight is 928 g/mol. The molecule has 0 radical (unpaired) electrons. The number of nitrogens with one attached hydrogen (secondary N) is 1. The predicted octanol–water partition coefficient (Wildman–Crippen LogP) is 7.22. The van der Waals surface area contributed by atoms with Gasteiger partial charge < -0.3 is 29.5 Å². The van der Waals surface area contributed by atoms with E-state index >= 15 is 8.78 Å². The van der Waals surface area contributed by atoms with Gasteiger partial charge in [0.05, 0.1) is 27.7 Å². The van der Waals surface area contributed by atoms with Crippen molar-refractivity contribution in [3.63, 3.8) is 0 Å². The van der Waals surface area contributed by atoms with E-state index in [1.165, 1.54) is 53.7 Å². The summed E-state index contributed by atoms with van der Waals surface area (Å²) >= 11 is 0.990. The number of nitriles is 1.